The highest BCUT2D eigenvalue weighted by molar-refractivity contribution is 6.74. The number of rotatable bonds is 9. The molecule has 2 atom stereocenters. The first-order valence-corrected chi connectivity index (χ1v) is 19.3. The normalized spacial score (nSPS) is 17.3. The highest BCUT2D eigenvalue weighted by Crippen LogP contribution is 2.39. The number of hydrogen-bond donors (Lipinski definition) is 2. The van der Waals surface area contributed by atoms with E-state index >= 15 is 0 Å². The number of fused-ring (bicyclic) bond motifs is 2. The molecule has 3 aromatic heterocycles. The first kappa shape index (κ1) is 33.7. The highest BCUT2D eigenvalue weighted by atomic mass is 28.4. The fourth-order valence-electron chi connectivity index (χ4n) is 5.51. The molecule has 1 aliphatic carbocycles. The monoisotopic (exact) mass is 645 g/mol. The Labute approximate surface area is 274 Å². The Morgan fingerprint density at radius 1 is 1.02 bits per heavy atom. The Bertz CT molecular complexity index is 1680. The Hall–Kier alpha value is -3.70. The molecule has 0 unspecified atom stereocenters. The lowest BCUT2D eigenvalue weighted by atomic mass is 9.85. The Kier molecular flexibility index (Phi) is 9.39. The van der Waals surface area contributed by atoms with E-state index in [1.165, 1.54) is 0 Å². The van der Waals surface area contributed by atoms with Crippen LogP contribution >= 0.6 is 0 Å². The molecule has 0 radical (unpaired) electrons. The van der Waals surface area contributed by atoms with E-state index in [1.807, 2.05) is 45.6 Å². The Morgan fingerprint density at radius 3 is 2.41 bits per heavy atom. The minimum absolute atomic E-state index is 0.122. The van der Waals surface area contributed by atoms with Crippen LogP contribution < -0.4 is 15.4 Å². The molecule has 2 N–H and O–H groups in total. The minimum atomic E-state index is -1.91. The summed E-state index contributed by atoms with van der Waals surface area (Å²) in [7, 11) is -1.91. The number of carbonyl (C=O) groups is 1. The van der Waals surface area contributed by atoms with Crippen molar-refractivity contribution in [3.63, 3.8) is 0 Å². The molecule has 2 amide bonds. The van der Waals surface area contributed by atoms with Crippen molar-refractivity contribution in [2.45, 2.75) is 116 Å². The SMILES string of the molecule is CC(C)c1nnc2ccc(O[C@@H]3CC[C@H](NC(=O)Nc4cc(C(C)(C)C)nn4CCO[Si](C)(C)C(C)(C)C)c4ccccc43)cn12. The number of nitrogens with one attached hydrogen (secondary N) is 2. The summed E-state index contributed by atoms with van der Waals surface area (Å²) in [5.74, 6) is 2.57. The maximum absolute atomic E-state index is 13.5. The number of hydrogen-bond acceptors (Lipinski definition) is 6. The molecule has 0 saturated heterocycles. The van der Waals surface area contributed by atoms with E-state index < -0.39 is 8.32 Å². The zero-order valence-corrected chi connectivity index (χ0v) is 30.1. The number of aromatic nitrogens is 5. The summed E-state index contributed by atoms with van der Waals surface area (Å²) in [6.07, 6.45) is 3.34. The van der Waals surface area contributed by atoms with Gasteiger partial charge in [-0.15, -0.1) is 10.2 Å². The van der Waals surface area contributed by atoms with Crippen LogP contribution in [0.15, 0.2) is 48.7 Å². The van der Waals surface area contributed by atoms with Crippen molar-refractivity contribution in [3.8, 4) is 5.75 Å². The standard InChI is InChI=1S/C35H51N7O3Si/c1-23(2)32-39-38-30-18-15-24(22-41(30)32)45-28-17-16-27(25-13-11-12-14-26(25)28)36-33(43)37-31-21-29(34(3,4)5)40-42(31)19-20-44-46(9,10)35(6,7)8/h11-15,18,21-23,27-28H,16-17,19-20H2,1-10H3,(H2,36,37,43)/t27-,28+/m0/s1. The van der Waals surface area contributed by atoms with Gasteiger partial charge in [-0.3, -0.25) is 9.72 Å². The lowest BCUT2D eigenvalue weighted by Gasteiger charge is -2.36. The summed E-state index contributed by atoms with van der Waals surface area (Å²) in [6.45, 7) is 22.9. The number of carbonyl (C=O) groups excluding carboxylic acids is 1. The van der Waals surface area contributed by atoms with Crippen LogP contribution in [0.3, 0.4) is 0 Å². The molecule has 10 nitrogen and oxygen atoms in total. The van der Waals surface area contributed by atoms with Crippen molar-refractivity contribution >= 4 is 25.8 Å². The maximum Gasteiger partial charge on any atom is 0.320 e. The molecule has 0 aliphatic heterocycles. The first-order chi connectivity index (χ1) is 21.5. The fourth-order valence-corrected chi connectivity index (χ4v) is 6.54. The molecule has 4 aromatic rings. The van der Waals surface area contributed by atoms with E-state index in [4.69, 9.17) is 14.3 Å². The topological polar surface area (TPSA) is 108 Å². The number of urea groups is 1. The van der Waals surface area contributed by atoms with E-state index in [9.17, 15) is 4.79 Å². The predicted molar refractivity (Wildman–Crippen MR) is 185 cm³/mol. The fraction of sp³-hybridized carbons (Fsp3) is 0.543. The molecule has 0 bridgehead atoms. The molecule has 3 heterocycles. The number of ether oxygens (including phenoxy) is 1. The number of amides is 2. The van der Waals surface area contributed by atoms with Gasteiger partial charge in [0.1, 0.15) is 23.5 Å². The van der Waals surface area contributed by atoms with E-state index in [0.29, 0.717) is 19.0 Å². The molecular formula is C35H51N7O3Si. The summed E-state index contributed by atoms with van der Waals surface area (Å²) in [4.78, 5) is 13.5. The summed E-state index contributed by atoms with van der Waals surface area (Å²) in [5.41, 5.74) is 3.70. The maximum atomic E-state index is 13.5. The predicted octanol–water partition coefficient (Wildman–Crippen LogP) is 8.15. The van der Waals surface area contributed by atoms with Gasteiger partial charge in [0.2, 0.25) is 0 Å². The van der Waals surface area contributed by atoms with Gasteiger partial charge in [-0.25, -0.2) is 9.48 Å². The quantitative estimate of drug-likeness (QED) is 0.178. The molecule has 5 rings (SSSR count). The van der Waals surface area contributed by atoms with Crippen LogP contribution in [0.2, 0.25) is 18.1 Å². The number of nitrogens with zero attached hydrogens (tertiary/aromatic N) is 5. The molecule has 46 heavy (non-hydrogen) atoms. The third kappa shape index (κ3) is 7.30. The summed E-state index contributed by atoms with van der Waals surface area (Å²) < 4.78 is 16.8. The summed E-state index contributed by atoms with van der Waals surface area (Å²) in [5, 5.41) is 19.9. The Balaban J connectivity index is 1.29. The first-order valence-electron chi connectivity index (χ1n) is 16.4. The number of anilines is 1. The molecule has 0 fully saturated rings. The van der Waals surface area contributed by atoms with Crippen molar-refractivity contribution in [2.24, 2.45) is 0 Å². The second-order valence-corrected chi connectivity index (χ2v) is 20.1. The molecule has 11 heteroatoms. The third-order valence-corrected chi connectivity index (χ3v) is 13.8. The van der Waals surface area contributed by atoms with Gasteiger partial charge in [0.25, 0.3) is 0 Å². The van der Waals surface area contributed by atoms with Crippen LogP contribution in [-0.2, 0) is 16.4 Å². The number of pyridine rings is 1. The van der Waals surface area contributed by atoms with Gasteiger partial charge in [-0.05, 0) is 54.2 Å². The highest BCUT2D eigenvalue weighted by Gasteiger charge is 2.37. The zero-order valence-electron chi connectivity index (χ0n) is 29.1. The summed E-state index contributed by atoms with van der Waals surface area (Å²) >= 11 is 0. The lowest BCUT2D eigenvalue weighted by Crippen LogP contribution is -2.41. The van der Waals surface area contributed by atoms with Gasteiger partial charge in [-0.1, -0.05) is 79.7 Å². The van der Waals surface area contributed by atoms with Crippen molar-refractivity contribution in [3.05, 3.63) is 71.3 Å². The summed E-state index contributed by atoms with van der Waals surface area (Å²) in [6, 6.07) is 13.7. The van der Waals surface area contributed by atoms with Gasteiger partial charge < -0.3 is 14.5 Å². The van der Waals surface area contributed by atoms with Crippen LogP contribution in [0.4, 0.5) is 10.6 Å². The average Bonchev–Trinajstić information content (AvgIpc) is 3.58. The van der Waals surface area contributed by atoms with Gasteiger partial charge in [0.05, 0.1) is 31.1 Å². The Morgan fingerprint density at radius 2 is 1.74 bits per heavy atom. The van der Waals surface area contributed by atoms with Gasteiger partial charge >= 0.3 is 6.03 Å². The molecule has 0 spiro atoms. The minimum Gasteiger partial charge on any atom is -0.484 e. The van der Waals surface area contributed by atoms with Crippen LogP contribution in [0.5, 0.6) is 5.75 Å². The van der Waals surface area contributed by atoms with Gasteiger partial charge in [-0.2, -0.15) is 5.10 Å². The molecule has 1 aliphatic rings. The van der Waals surface area contributed by atoms with Crippen LogP contribution in [0, 0.1) is 0 Å². The van der Waals surface area contributed by atoms with Gasteiger partial charge in [0.15, 0.2) is 14.0 Å². The molecule has 1 aromatic carbocycles. The molecule has 0 saturated carbocycles. The second-order valence-electron chi connectivity index (χ2n) is 15.3. The number of benzene rings is 1. The average molecular weight is 646 g/mol. The van der Waals surface area contributed by atoms with Gasteiger partial charge in [0, 0.05) is 17.4 Å². The van der Waals surface area contributed by atoms with Crippen molar-refractivity contribution in [1.82, 2.24) is 29.7 Å². The zero-order chi connectivity index (χ0) is 33.4. The third-order valence-electron chi connectivity index (χ3n) is 9.30. The second kappa shape index (κ2) is 12.8. The van der Waals surface area contributed by atoms with E-state index in [0.717, 1.165) is 46.9 Å². The van der Waals surface area contributed by atoms with Crippen molar-refractivity contribution in [2.75, 3.05) is 11.9 Å². The van der Waals surface area contributed by atoms with E-state index in [2.05, 4.69) is 101 Å². The molecule has 248 valence electrons. The smallest absolute Gasteiger partial charge is 0.320 e. The lowest BCUT2D eigenvalue weighted by molar-refractivity contribution is 0.171. The van der Waals surface area contributed by atoms with Crippen LogP contribution in [0.1, 0.15) is 109 Å². The van der Waals surface area contributed by atoms with E-state index in [1.54, 1.807) is 0 Å². The largest absolute Gasteiger partial charge is 0.484 e. The van der Waals surface area contributed by atoms with Crippen molar-refractivity contribution < 1.29 is 14.0 Å². The van der Waals surface area contributed by atoms with Crippen LogP contribution in [0.25, 0.3) is 5.65 Å². The van der Waals surface area contributed by atoms with Crippen molar-refractivity contribution in [1.29, 1.82) is 0 Å². The molecular weight excluding hydrogens is 595 g/mol. The van der Waals surface area contributed by atoms with Crippen LogP contribution in [-0.4, -0.2) is 45.3 Å². The van der Waals surface area contributed by atoms with E-state index in [-0.39, 0.29) is 34.5 Å².